The number of ether oxygens (including phenoxy) is 1. The van der Waals surface area contributed by atoms with Gasteiger partial charge in [0.15, 0.2) is 5.69 Å². The topological polar surface area (TPSA) is 135 Å². The molecule has 1 aliphatic rings. The first-order valence-corrected chi connectivity index (χ1v) is 6.13. The number of carbonyl (C=O) groups is 3. The number of primary amides is 1. The Labute approximate surface area is 119 Å². The Morgan fingerprint density at radius 3 is 2.90 bits per heavy atom. The molecule has 9 nitrogen and oxygen atoms in total. The van der Waals surface area contributed by atoms with E-state index < -0.39 is 23.9 Å². The highest BCUT2D eigenvalue weighted by Gasteiger charge is 2.32. The lowest BCUT2D eigenvalue weighted by Crippen LogP contribution is -2.56. The van der Waals surface area contributed by atoms with Crippen molar-refractivity contribution in [3.63, 3.8) is 0 Å². The summed E-state index contributed by atoms with van der Waals surface area (Å²) in [5, 5.41) is 11.4. The van der Waals surface area contributed by atoms with Crippen LogP contribution in [0.5, 0.6) is 0 Å². The molecule has 1 fully saturated rings. The van der Waals surface area contributed by atoms with E-state index in [1.807, 2.05) is 0 Å². The van der Waals surface area contributed by atoms with Gasteiger partial charge in [0, 0.05) is 12.7 Å². The van der Waals surface area contributed by atoms with Crippen LogP contribution in [0.2, 0.25) is 0 Å². The van der Waals surface area contributed by atoms with Crippen LogP contribution in [0, 0.1) is 0 Å². The molecule has 2 rings (SSSR count). The summed E-state index contributed by atoms with van der Waals surface area (Å²) in [4.78, 5) is 39.4. The van der Waals surface area contributed by atoms with Gasteiger partial charge in [-0.05, 0) is 12.1 Å². The molecule has 1 atom stereocenters. The van der Waals surface area contributed by atoms with Gasteiger partial charge >= 0.3 is 12.0 Å². The maximum Gasteiger partial charge on any atom is 0.356 e. The Balaban J connectivity index is 2.17. The minimum Gasteiger partial charge on any atom is -0.476 e. The molecule has 4 N–H and O–H groups in total. The van der Waals surface area contributed by atoms with E-state index >= 15 is 0 Å². The number of nitrogens with two attached hydrogens (primary N) is 1. The van der Waals surface area contributed by atoms with Crippen molar-refractivity contribution in [1.29, 1.82) is 0 Å². The van der Waals surface area contributed by atoms with Crippen LogP contribution in [0.3, 0.4) is 0 Å². The monoisotopic (exact) mass is 294 g/mol. The predicted molar refractivity (Wildman–Crippen MR) is 70.7 cm³/mol. The number of anilines is 1. The summed E-state index contributed by atoms with van der Waals surface area (Å²) in [6.45, 7) is 0.472. The fraction of sp³-hybridized carbons (Fsp3) is 0.333. The van der Waals surface area contributed by atoms with Gasteiger partial charge in [0.05, 0.1) is 18.9 Å². The standard InChI is InChI=1S/C12H14N4O5/c13-10(17)8-6-21-5-4-16(8)12(20)15-7-2-1-3-14-9(7)11(18)19/h1-3,8H,4-6H2,(H2,13,17)(H,15,20)(H,18,19). The first-order valence-electron chi connectivity index (χ1n) is 6.13. The molecule has 1 aromatic rings. The molecule has 9 heteroatoms. The van der Waals surface area contributed by atoms with E-state index in [0.717, 1.165) is 0 Å². The quantitative estimate of drug-likeness (QED) is 0.687. The number of amides is 3. The molecule has 0 bridgehead atoms. The molecule has 112 valence electrons. The highest BCUT2D eigenvalue weighted by Crippen LogP contribution is 2.15. The van der Waals surface area contributed by atoms with E-state index in [-0.39, 0.29) is 31.1 Å². The highest BCUT2D eigenvalue weighted by molar-refractivity contribution is 5.99. The molecule has 1 unspecified atom stereocenters. The number of aromatic carboxylic acids is 1. The zero-order chi connectivity index (χ0) is 15.4. The molecular formula is C12H14N4O5. The van der Waals surface area contributed by atoms with Crippen molar-refractivity contribution < 1.29 is 24.2 Å². The Morgan fingerprint density at radius 2 is 2.24 bits per heavy atom. The van der Waals surface area contributed by atoms with Gasteiger partial charge in [-0.25, -0.2) is 14.6 Å². The summed E-state index contributed by atoms with van der Waals surface area (Å²) in [6, 6.07) is 1.39. The van der Waals surface area contributed by atoms with Crippen molar-refractivity contribution in [3.05, 3.63) is 24.0 Å². The maximum absolute atomic E-state index is 12.2. The number of rotatable bonds is 3. The molecule has 0 saturated carbocycles. The van der Waals surface area contributed by atoms with Gasteiger partial charge in [0.1, 0.15) is 6.04 Å². The molecule has 0 spiro atoms. The summed E-state index contributed by atoms with van der Waals surface area (Å²) < 4.78 is 5.11. The summed E-state index contributed by atoms with van der Waals surface area (Å²) in [7, 11) is 0. The van der Waals surface area contributed by atoms with E-state index in [4.69, 9.17) is 15.6 Å². The number of aromatic nitrogens is 1. The summed E-state index contributed by atoms with van der Waals surface area (Å²) >= 11 is 0. The number of carboxylic acid groups (broad SMARTS) is 1. The first kappa shape index (κ1) is 14.7. The molecular weight excluding hydrogens is 280 g/mol. The fourth-order valence-electron chi connectivity index (χ4n) is 1.95. The summed E-state index contributed by atoms with van der Waals surface area (Å²) in [5.74, 6) is -1.95. The molecule has 21 heavy (non-hydrogen) atoms. The van der Waals surface area contributed by atoms with Crippen molar-refractivity contribution in [1.82, 2.24) is 9.88 Å². The molecule has 0 radical (unpaired) electrons. The van der Waals surface area contributed by atoms with Crippen LogP contribution in [0.1, 0.15) is 10.5 Å². The number of nitrogens with one attached hydrogen (secondary N) is 1. The van der Waals surface area contributed by atoms with E-state index in [9.17, 15) is 14.4 Å². The molecule has 1 aliphatic heterocycles. The molecule has 1 aromatic heterocycles. The number of urea groups is 1. The maximum atomic E-state index is 12.2. The highest BCUT2D eigenvalue weighted by atomic mass is 16.5. The third-order valence-corrected chi connectivity index (χ3v) is 2.97. The van der Waals surface area contributed by atoms with E-state index in [1.54, 1.807) is 0 Å². The predicted octanol–water partition coefficient (Wildman–Crippen LogP) is -0.502. The average Bonchev–Trinajstić information content (AvgIpc) is 2.47. The van der Waals surface area contributed by atoms with Gasteiger partial charge in [0.2, 0.25) is 5.91 Å². The number of pyridine rings is 1. The van der Waals surface area contributed by atoms with E-state index in [2.05, 4.69) is 10.3 Å². The van der Waals surface area contributed by atoms with Crippen molar-refractivity contribution >= 4 is 23.6 Å². The van der Waals surface area contributed by atoms with Crippen LogP contribution >= 0.6 is 0 Å². The number of carboxylic acids is 1. The van der Waals surface area contributed by atoms with Crippen molar-refractivity contribution in [2.24, 2.45) is 5.73 Å². The van der Waals surface area contributed by atoms with Crippen molar-refractivity contribution in [3.8, 4) is 0 Å². The smallest absolute Gasteiger partial charge is 0.356 e. The van der Waals surface area contributed by atoms with Crippen LogP contribution in [-0.2, 0) is 9.53 Å². The average molecular weight is 294 g/mol. The fourth-order valence-corrected chi connectivity index (χ4v) is 1.95. The Hall–Kier alpha value is -2.68. The van der Waals surface area contributed by atoms with Gasteiger partial charge in [-0.1, -0.05) is 0 Å². The van der Waals surface area contributed by atoms with E-state index in [1.165, 1.54) is 23.2 Å². The number of morpholine rings is 1. The zero-order valence-electron chi connectivity index (χ0n) is 11.0. The second-order valence-corrected chi connectivity index (χ2v) is 4.32. The lowest BCUT2D eigenvalue weighted by atomic mass is 10.2. The number of hydrogen-bond donors (Lipinski definition) is 3. The van der Waals surface area contributed by atoms with Gasteiger partial charge in [0.25, 0.3) is 0 Å². The van der Waals surface area contributed by atoms with Gasteiger partial charge in [-0.15, -0.1) is 0 Å². The molecule has 0 aliphatic carbocycles. The minimum atomic E-state index is -1.26. The van der Waals surface area contributed by atoms with Gasteiger partial charge < -0.3 is 25.8 Å². The van der Waals surface area contributed by atoms with Crippen LogP contribution in [0.25, 0.3) is 0 Å². The van der Waals surface area contributed by atoms with Crippen molar-refractivity contribution in [2.45, 2.75) is 6.04 Å². The number of nitrogens with zero attached hydrogens (tertiary/aromatic N) is 2. The Morgan fingerprint density at radius 1 is 1.48 bits per heavy atom. The lowest BCUT2D eigenvalue weighted by molar-refractivity contribution is -0.126. The minimum absolute atomic E-state index is 0.0155. The Bertz CT molecular complexity index is 577. The third-order valence-electron chi connectivity index (χ3n) is 2.97. The normalized spacial score (nSPS) is 18.1. The molecule has 1 saturated heterocycles. The van der Waals surface area contributed by atoms with Crippen LogP contribution < -0.4 is 11.1 Å². The molecule has 3 amide bonds. The third kappa shape index (κ3) is 3.26. The molecule has 0 aromatic carbocycles. The summed E-state index contributed by atoms with van der Waals surface area (Å²) in [6.07, 6.45) is 1.31. The van der Waals surface area contributed by atoms with Gasteiger partial charge in [-0.2, -0.15) is 0 Å². The first-order chi connectivity index (χ1) is 10.0. The van der Waals surface area contributed by atoms with Crippen LogP contribution in [-0.4, -0.2) is 58.7 Å². The van der Waals surface area contributed by atoms with Crippen molar-refractivity contribution in [2.75, 3.05) is 25.1 Å². The summed E-state index contributed by atoms with van der Waals surface area (Å²) in [5.41, 5.74) is 4.98. The Kier molecular flexibility index (Phi) is 4.33. The van der Waals surface area contributed by atoms with E-state index in [0.29, 0.717) is 0 Å². The zero-order valence-corrected chi connectivity index (χ0v) is 11.0. The largest absolute Gasteiger partial charge is 0.476 e. The van der Waals surface area contributed by atoms with Gasteiger partial charge in [-0.3, -0.25) is 4.79 Å². The SMILES string of the molecule is NC(=O)C1COCCN1C(=O)Nc1cccnc1C(=O)O. The van der Waals surface area contributed by atoms with Crippen LogP contribution in [0.15, 0.2) is 18.3 Å². The number of carbonyl (C=O) groups excluding carboxylic acids is 2. The van der Waals surface area contributed by atoms with Crippen LogP contribution in [0.4, 0.5) is 10.5 Å². The second kappa shape index (κ2) is 6.18. The second-order valence-electron chi connectivity index (χ2n) is 4.32. The lowest BCUT2D eigenvalue weighted by Gasteiger charge is -2.33. The number of hydrogen-bond acceptors (Lipinski definition) is 5. The molecule has 2 heterocycles.